The van der Waals surface area contributed by atoms with E-state index in [2.05, 4.69) is 10.0 Å². The lowest BCUT2D eigenvalue weighted by Crippen LogP contribution is -2.51. The highest BCUT2D eigenvalue weighted by Crippen LogP contribution is 2.21. The van der Waals surface area contributed by atoms with E-state index >= 15 is 0 Å². The molecule has 1 rings (SSSR count). The zero-order chi connectivity index (χ0) is 20.2. The Morgan fingerprint density at radius 1 is 1.15 bits per heavy atom. The average molecular weight is 405 g/mol. The summed E-state index contributed by atoms with van der Waals surface area (Å²) in [5, 5.41) is 2.75. The van der Waals surface area contributed by atoms with Crippen molar-refractivity contribution in [3.63, 3.8) is 0 Å². The molecular formula is C18H29ClN2O4S. The summed E-state index contributed by atoms with van der Waals surface area (Å²) in [4.78, 5) is 12.2. The SMILES string of the molecule is CC(C)(C)OC(=O)N[C@H](CNS(=O)(=O)c1ccccc1CCl)C(C)(C)C. The van der Waals surface area contributed by atoms with E-state index in [9.17, 15) is 13.2 Å². The largest absolute Gasteiger partial charge is 0.444 e. The van der Waals surface area contributed by atoms with Crippen LogP contribution in [0.15, 0.2) is 29.2 Å². The first-order chi connectivity index (χ1) is 11.8. The first kappa shape index (κ1) is 22.7. The molecule has 148 valence electrons. The van der Waals surface area contributed by atoms with Gasteiger partial charge in [-0.15, -0.1) is 11.6 Å². The predicted octanol–water partition coefficient (Wildman–Crippen LogP) is 3.64. The predicted molar refractivity (Wildman–Crippen MR) is 104 cm³/mol. The van der Waals surface area contributed by atoms with Crippen LogP contribution < -0.4 is 10.0 Å². The van der Waals surface area contributed by atoms with Crippen LogP contribution >= 0.6 is 11.6 Å². The molecule has 0 fully saturated rings. The summed E-state index contributed by atoms with van der Waals surface area (Å²) in [7, 11) is -3.76. The highest BCUT2D eigenvalue weighted by molar-refractivity contribution is 7.89. The van der Waals surface area contributed by atoms with Crippen LogP contribution in [0.2, 0.25) is 0 Å². The maximum atomic E-state index is 12.6. The molecule has 26 heavy (non-hydrogen) atoms. The van der Waals surface area contributed by atoms with Gasteiger partial charge in [0.1, 0.15) is 5.60 Å². The van der Waals surface area contributed by atoms with E-state index in [1.807, 2.05) is 20.8 Å². The molecule has 0 radical (unpaired) electrons. The fourth-order valence-electron chi connectivity index (χ4n) is 2.17. The first-order valence-electron chi connectivity index (χ1n) is 8.39. The number of rotatable bonds is 6. The molecule has 0 heterocycles. The number of sulfonamides is 1. The minimum absolute atomic E-state index is 0.0295. The van der Waals surface area contributed by atoms with E-state index in [0.717, 1.165) is 0 Å². The molecule has 0 saturated carbocycles. The van der Waals surface area contributed by atoms with Crippen LogP contribution in [0.5, 0.6) is 0 Å². The molecule has 0 aliphatic carbocycles. The Labute approximate surface area is 161 Å². The van der Waals surface area contributed by atoms with Crippen LogP contribution in [-0.4, -0.2) is 32.7 Å². The van der Waals surface area contributed by atoms with Gasteiger partial charge in [0.25, 0.3) is 0 Å². The van der Waals surface area contributed by atoms with Gasteiger partial charge in [0.05, 0.1) is 10.9 Å². The highest BCUT2D eigenvalue weighted by Gasteiger charge is 2.30. The van der Waals surface area contributed by atoms with E-state index in [1.165, 1.54) is 6.07 Å². The molecule has 0 bridgehead atoms. The van der Waals surface area contributed by atoms with Gasteiger partial charge in [-0.3, -0.25) is 0 Å². The molecule has 0 spiro atoms. The standard InChI is InChI=1S/C18H29ClN2O4S/c1-17(2,3)15(21-16(22)25-18(4,5)6)12-20-26(23,24)14-10-8-7-9-13(14)11-19/h7-10,15,20H,11-12H2,1-6H3,(H,21,22)/t15-/m1/s1. The van der Waals surface area contributed by atoms with E-state index in [4.69, 9.17) is 16.3 Å². The Bertz CT molecular complexity index is 721. The summed E-state index contributed by atoms with van der Waals surface area (Å²) in [6.45, 7) is 11.1. The second-order valence-electron chi connectivity index (χ2n) is 8.16. The molecule has 0 unspecified atom stereocenters. The molecule has 6 nitrogen and oxygen atoms in total. The maximum absolute atomic E-state index is 12.6. The fourth-order valence-corrected chi connectivity index (χ4v) is 3.77. The summed E-state index contributed by atoms with van der Waals surface area (Å²) in [6, 6.07) is 6.09. The lowest BCUT2D eigenvalue weighted by Gasteiger charge is -2.32. The average Bonchev–Trinajstić information content (AvgIpc) is 2.48. The van der Waals surface area contributed by atoms with Gasteiger partial charge in [-0.05, 0) is 37.8 Å². The Balaban J connectivity index is 2.91. The van der Waals surface area contributed by atoms with Gasteiger partial charge >= 0.3 is 6.09 Å². The van der Waals surface area contributed by atoms with Crippen LogP contribution in [0.25, 0.3) is 0 Å². The number of carbonyl (C=O) groups excluding carboxylic acids is 1. The van der Waals surface area contributed by atoms with Gasteiger partial charge in [0.15, 0.2) is 0 Å². The summed E-state index contributed by atoms with van der Waals surface area (Å²) >= 11 is 5.84. The van der Waals surface area contributed by atoms with Crippen LogP contribution in [-0.2, 0) is 20.6 Å². The summed E-state index contributed by atoms with van der Waals surface area (Å²) < 4.78 is 33.1. The third-order valence-electron chi connectivity index (χ3n) is 3.62. The molecule has 8 heteroatoms. The molecule has 1 amide bonds. The van der Waals surface area contributed by atoms with Crippen molar-refractivity contribution in [3.05, 3.63) is 29.8 Å². The monoisotopic (exact) mass is 404 g/mol. The van der Waals surface area contributed by atoms with Gasteiger partial charge in [0.2, 0.25) is 10.0 Å². The van der Waals surface area contributed by atoms with Crippen molar-refractivity contribution in [2.75, 3.05) is 6.54 Å². The quantitative estimate of drug-likeness (QED) is 0.709. The van der Waals surface area contributed by atoms with Crippen LogP contribution in [0.4, 0.5) is 4.79 Å². The number of benzene rings is 1. The highest BCUT2D eigenvalue weighted by atomic mass is 35.5. The zero-order valence-electron chi connectivity index (χ0n) is 16.2. The Morgan fingerprint density at radius 3 is 2.23 bits per heavy atom. The second kappa shape index (κ2) is 8.59. The number of hydrogen-bond donors (Lipinski definition) is 2. The first-order valence-corrected chi connectivity index (χ1v) is 10.4. The smallest absolute Gasteiger partial charge is 0.407 e. The van der Waals surface area contributed by atoms with Crippen LogP contribution in [0, 0.1) is 5.41 Å². The second-order valence-corrected chi connectivity index (χ2v) is 10.2. The molecule has 1 aromatic carbocycles. The topological polar surface area (TPSA) is 84.5 Å². The van der Waals surface area contributed by atoms with Gasteiger partial charge in [-0.1, -0.05) is 39.0 Å². The lowest BCUT2D eigenvalue weighted by molar-refractivity contribution is 0.0466. The number of halogens is 1. The number of hydrogen-bond acceptors (Lipinski definition) is 4. The molecule has 0 aliphatic heterocycles. The van der Waals surface area contributed by atoms with Crippen molar-refractivity contribution >= 4 is 27.7 Å². The van der Waals surface area contributed by atoms with Gasteiger partial charge in [0, 0.05) is 12.4 Å². The molecule has 0 saturated heterocycles. The third kappa shape index (κ3) is 7.13. The summed E-state index contributed by atoms with van der Waals surface area (Å²) in [5.74, 6) is 0.0932. The Kier molecular flexibility index (Phi) is 7.51. The molecule has 1 aromatic rings. The normalized spacial score (nSPS) is 14.0. The van der Waals surface area contributed by atoms with E-state index in [1.54, 1.807) is 39.0 Å². The van der Waals surface area contributed by atoms with Crippen molar-refractivity contribution in [2.24, 2.45) is 5.41 Å². The Morgan fingerprint density at radius 2 is 1.73 bits per heavy atom. The maximum Gasteiger partial charge on any atom is 0.407 e. The number of nitrogens with one attached hydrogen (secondary N) is 2. The molecule has 2 N–H and O–H groups in total. The number of amides is 1. The fraction of sp³-hybridized carbons (Fsp3) is 0.611. The number of alkyl carbamates (subject to hydrolysis) is 1. The van der Waals surface area contributed by atoms with E-state index in [-0.39, 0.29) is 22.7 Å². The van der Waals surface area contributed by atoms with Gasteiger partial charge in [-0.2, -0.15) is 0 Å². The van der Waals surface area contributed by atoms with Crippen molar-refractivity contribution < 1.29 is 17.9 Å². The van der Waals surface area contributed by atoms with Gasteiger partial charge < -0.3 is 10.1 Å². The summed E-state index contributed by atoms with van der Waals surface area (Å²) in [6.07, 6.45) is -0.585. The van der Waals surface area contributed by atoms with Crippen molar-refractivity contribution in [3.8, 4) is 0 Å². The summed E-state index contributed by atoms with van der Waals surface area (Å²) in [5.41, 5.74) is -0.495. The van der Waals surface area contributed by atoms with Crippen molar-refractivity contribution in [1.82, 2.24) is 10.0 Å². The van der Waals surface area contributed by atoms with E-state index < -0.39 is 27.8 Å². The molecule has 0 aromatic heterocycles. The Hall–Kier alpha value is -1.31. The minimum Gasteiger partial charge on any atom is -0.444 e. The van der Waals surface area contributed by atoms with Crippen molar-refractivity contribution in [1.29, 1.82) is 0 Å². The minimum atomic E-state index is -3.76. The van der Waals surface area contributed by atoms with Crippen LogP contribution in [0.3, 0.4) is 0 Å². The van der Waals surface area contributed by atoms with Gasteiger partial charge in [-0.25, -0.2) is 17.9 Å². The number of ether oxygens (including phenoxy) is 1. The van der Waals surface area contributed by atoms with E-state index in [0.29, 0.717) is 5.56 Å². The third-order valence-corrected chi connectivity index (χ3v) is 5.43. The number of carbonyl (C=O) groups is 1. The molecular weight excluding hydrogens is 376 g/mol. The van der Waals surface area contributed by atoms with Crippen LogP contribution in [0.1, 0.15) is 47.1 Å². The lowest BCUT2D eigenvalue weighted by atomic mass is 9.87. The molecule has 0 aliphatic rings. The van der Waals surface area contributed by atoms with Crippen molar-refractivity contribution in [2.45, 2.75) is 64.0 Å². The zero-order valence-corrected chi connectivity index (χ0v) is 17.8. The molecule has 1 atom stereocenters. The number of alkyl halides is 1.